The molecule has 2 heterocycles. The summed E-state index contributed by atoms with van der Waals surface area (Å²) in [4.78, 5) is 4.79. The second kappa shape index (κ2) is 8.59. The molecule has 4 aromatic carbocycles. The van der Waals surface area contributed by atoms with Gasteiger partial charge < -0.3 is 14.2 Å². The van der Waals surface area contributed by atoms with Gasteiger partial charge in [0.15, 0.2) is 5.75 Å². The van der Waals surface area contributed by atoms with Crippen molar-refractivity contribution in [1.82, 2.24) is 14.7 Å². The number of benzene rings is 4. The molecule has 0 unspecified atom stereocenters. The lowest BCUT2D eigenvalue weighted by atomic mass is 9.85. The molecule has 38 heavy (non-hydrogen) atoms. The SMILES string of the molecule is Cc1cc(C)c(-c2noc(-c3cc(C(C)(C)C)cc(-n4c5ccccc5c5ccccc54)c3O)n2)c(C)c1. The van der Waals surface area contributed by atoms with Crippen LogP contribution in [0.15, 0.2) is 77.3 Å². The van der Waals surface area contributed by atoms with Crippen LogP contribution in [0.25, 0.3) is 50.3 Å². The molecule has 1 N–H and O–H groups in total. The highest BCUT2D eigenvalue weighted by atomic mass is 16.5. The Morgan fingerprint density at radius 2 is 1.37 bits per heavy atom. The lowest BCUT2D eigenvalue weighted by molar-refractivity contribution is 0.425. The number of rotatable bonds is 3. The Balaban J connectivity index is 1.62. The highest BCUT2D eigenvalue weighted by Gasteiger charge is 2.25. The Morgan fingerprint density at radius 3 is 1.95 bits per heavy atom. The summed E-state index contributed by atoms with van der Waals surface area (Å²) in [5.41, 5.74) is 8.48. The maximum atomic E-state index is 11.8. The maximum Gasteiger partial charge on any atom is 0.262 e. The summed E-state index contributed by atoms with van der Waals surface area (Å²) in [7, 11) is 0. The first-order chi connectivity index (χ1) is 18.1. The Morgan fingerprint density at radius 1 is 0.789 bits per heavy atom. The summed E-state index contributed by atoms with van der Waals surface area (Å²) in [5.74, 6) is 0.927. The molecule has 0 saturated carbocycles. The minimum atomic E-state index is -0.178. The summed E-state index contributed by atoms with van der Waals surface area (Å²) in [5, 5.41) is 18.4. The largest absolute Gasteiger partial charge is 0.505 e. The molecule has 2 aromatic heterocycles. The molecule has 0 aliphatic heterocycles. The molecule has 6 rings (SSSR count). The van der Waals surface area contributed by atoms with E-state index in [-0.39, 0.29) is 11.2 Å². The molecule has 0 aliphatic rings. The second-order valence-electron chi connectivity index (χ2n) is 11.2. The van der Waals surface area contributed by atoms with E-state index in [1.165, 1.54) is 5.56 Å². The number of hydrogen-bond acceptors (Lipinski definition) is 4. The molecule has 190 valence electrons. The summed E-state index contributed by atoms with van der Waals surface area (Å²) in [6, 6.07) is 24.9. The minimum Gasteiger partial charge on any atom is -0.505 e. The number of phenolic OH excluding ortho intramolecular Hbond substituents is 1. The normalized spacial score (nSPS) is 12.1. The number of phenols is 1. The third-order valence-corrected chi connectivity index (χ3v) is 7.33. The topological polar surface area (TPSA) is 64.1 Å². The van der Waals surface area contributed by atoms with Crippen molar-refractivity contribution in [2.45, 2.75) is 47.0 Å². The molecule has 5 heteroatoms. The van der Waals surface area contributed by atoms with Crippen LogP contribution in [-0.4, -0.2) is 19.8 Å². The predicted octanol–water partition coefficient (Wildman–Crippen LogP) is 8.43. The molecule has 0 fully saturated rings. The number of para-hydroxylation sites is 2. The number of aromatic hydroxyl groups is 1. The van der Waals surface area contributed by atoms with Crippen molar-refractivity contribution in [3.05, 3.63) is 95.1 Å². The van der Waals surface area contributed by atoms with Gasteiger partial charge in [0.1, 0.15) is 0 Å². The van der Waals surface area contributed by atoms with E-state index in [2.05, 4.69) is 93.7 Å². The molecule has 6 aromatic rings. The number of fused-ring (bicyclic) bond motifs is 3. The molecule has 0 radical (unpaired) electrons. The van der Waals surface area contributed by atoms with E-state index in [0.29, 0.717) is 23.0 Å². The molecule has 0 amide bonds. The van der Waals surface area contributed by atoms with Gasteiger partial charge in [0.05, 0.1) is 22.3 Å². The van der Waals surface area contributed by atoms with Gasteiger partial charge in [0.2, 0.25) is 5.82 Å². The Bertz CT molecular complexity index is 1770. The van der Waals surface area contributed by atoms with Crippen LogP contribution in [0.4, 0.5) is 0 Å². The summed E-state index contributed by atoms with van der Waals surface area (Å²) < 4.78 is 7.94. The Kier molecular flexibility index (Phi) is 5.42. The van der Waals surface area contributed by atoms with E-state index in [4.69, 9.17) is 9.51 Å². The van der Waals surface area contributed by atoms with Gasteiger partial charge in [-0.2, -0.15) is 4.98 Å². The maximum absolute atomic E-state index is 11.8. The molecule has 0 aliphatic carbocycles. The highest BCUT2D eigenvalue weighted by Crippen LogP contribution is 2.42. The van der Waals surface area contributed by atoms with E-state index in [0.717, 1.165) is 44.1 Å². The molecular formula is C33H31N3O2. The van der Waals surface area contributed by atoms with Crippen LogP contribution >= 0.6 is 0 Å². The highest BCUT2D eigenvalue weighted by molar-refractivity contribution is 6.09. The van der Waals surface area contributed by atoms with Crippen LogP contribution < -0.4 is 0 Å². The third kappa shape index (κ3) is 3.77. The predicted molar refractivity (Wildman–Crippen MR) is 154 cm³/mol. The van der Waals surface area contributed by atoms with Crippen molar-refractivity contribution in [2.75, 3.05) is 0 Å². The number of hydrogen-bond donors (Lipinski definition) is 1. The average Bonchev–Trinajstić information content (AvgIpc) is 3.46. The lowest BCUT2D eigenvalue weighted by Gasteiger charge is -2.22. The fraction of sp³-hybridized carbons (Fsp3) is 0.212. The van der Waals surface area contributed by atoms with Crippen LogP contribution in [0.3, 0.4) is 0 Å². The second-order valence-corrected chi connectivity index (χ2v) is 11.2. The van der Waals surface area contributed by atoms with Crippen molar-refractivity contribution in [2.24, 2.45) is 0 Å². The zero-order chi connectivity index (χ0) is 26.8. The minimum absolute atomic E-state index is 0.108. The Hall–Kier alpha value is -4.38. The zero-order valence-electron chi connectivity index (χ0n) is 22.6. The van der Waals surface area contributed by atoms with Crippen molar-refractivity contribution in [3.8, 4) is 34.3 Å². The van der Waals surface area contributed by atoms with Crippen LogP contribution in [0.5, 0.6) is 5.75 Å². The fourth-order valence-electron chi connectivity index (χ4n) is 5.53. The van der Waals surface area contributed by atoms with Crippen LogP contribution in [0.2, 0.25) is 0 Å². The first-order valence-corrected chi connectivity index (χ1v) is 12.9. The summed E-state index contributed by atoms with van der Waals surface area (Å²) in [6.07, 6.45) is 0. The number of nitrogens with zero attached hydrogens (tertiary/aromatic N) is 3. The molecular weight excluding hydrogens is 470 g/mol. The zero-order valence-corrected chi connectivity index (χ0v) is 22.6. The van der Waals surface area contributed by atoms with Crippen LogP contribution in [0.1, 0.15) is 43.0 Å². The van der Waals surface area contributed by atoms with Crippen molar-refractivity contribution >= 4 is 21.8 Å². The quantitative estimate of drug-likeness (QED) is 0.264. The van der Waals surface area contributed by atoms with Gasteiger partial charge in [-0.05, 0) is 67.1 Å². The van der Waals surface area contributed by atoms with E-state index >= 15 is 0 Å². The van der Waals surface area contributed by atoms with E-state index < -0.39 is 0 Å². The van der Waals surface area contributed by atoms with Crippen molar-refractivity contribution in [3.63, 3.8) is 0 Å². The van der Waals surface area contributed by atoms with Crippen LogP contribution in [-0.2, 0) is 5.41 Å². The molecule has 0 atom stereocenters. The van der Waals surface area contributed by atoms with E-state index in [1.54, 1.807) is 0 Å². The van der Waals surface area contributed by atoms with Crippen molar-refractivity contribution < 1.29 is 9.63 Å². The molecule has 0 bridgehead atoms. The first kappa shape index (κ1) is 24.0. The van der Waals surface area contributed by atoms with Gasteiger partial charge in [-0.3, -0.25) is 0 Å². The Labute approximate surface area is 222 Å². The van der Waals surface area contributed by atoms with E-state index in [1.807, 2.05) is 30.3 Å². The lowest BCUT2D eigenvalue weighted by Crippen LogP contribution is -2.12. The third-order valence-electron chi connectivity index (χ3n) is 7.33. The standard InChI is InChI=1S/C33H31N3O2/c1-19-15-20(2)29(21(3)16-19)31-34-32(38-35-31)25-17-22(33(4,5)6)18-28(30(25)37)36-26-13-9-7-11-23(26)24-12-8-10-14-27(24)36/h7-18,37H,1-6H3. The molecule has 0 saturated heterocycles. The van der Waals surface area contributed by atoms with Gasteiger partial charge in [0, 0.05) is 16.3 Å². The summed E-state index contributed by atoms with van der Waals surface area (Å²) >= 11 is 0. The van der Waals surface area contributed by atoms with Gasteiger partial charge in [-0.1, -0.05) is 80.0 Å². The molecule has 0 spiro atoms. The number of aromatic nitrogens is 3. The monoisotopic (exact) mass is 501 g/mol. The fourth-order valence-corrected chi connectivity index (χ4v) is 5.53. The van der Waals surface area contributed by atoms with Crippen molar-refractivity contribution in [1.29, 1.82) is 0 Å². The van der Waals surface area contributed by atoms with Gasteiger partial charge in [-0.15, -0.1) is 0 Å². The van der Waals surface area contributed by atoms with E-state index in [9.17, 15) is 5.11 Å². The molecule has 5 nitrogen and oxygen atoms in total. The smallest absolute Gasteiger partial charge is 0.262 e. The first-order valence-electron chi connectivity index (χ1n) is 12.9. The van der Waals surface area contributed by atoms with Crippen LogP contribution in [0, 0.1) is 20.8 Å². The number of aryl methyl sites for hydroxylation is 3. The van der Waals surface area contributed by atoms with Gasteiger partial charge in [-0.25, -0.2) is 0 Å². The van der Waals surface area contributed by atoms with Gasteiger partial charge >= 0.3 is 0 Å². The summed E-state index contributed by atoms with van der Waals surface area (Å²) in [6.45, 7) is 12.7. The average molecular weight is 502 g/mol. The van der Waals surface area contributed by atoms with Gasteiger partial charge in [0.25, 0.3) is 5.89 Å².